The van der Waals surface area contributed by atoms with Crippen molar-refractivity contribution in [1.82, 2.24) is 0 Å². The Morgan fingerprint density at radius 1 is 1.12 bits per heavy atom. The lowest BCUT2D eigenvalue weighted by Gasteiger charge is -2.21. The zero-order chi connectivity index (χ0) is 16.8. The molecule has 0 saturated carbocycles. The second-order valence-corrected chi connectivity index (χ2v) is 9.20. The molecule has 1 fully saturated rings. The first-order valence-corrected chi connectivity index (χ1v) is 10.9. The van der Waals surface area contributed by atoms with E-state index in [0.29, 0.717) is 4.58 Å². The van der Waals surface area contributed by atoms with Crippen molar-refractivity contribution in [2.24, 2.45) is 0 Å². The lowest BCUT2D eigenvalue weighted by atomic mass is 10.2. The van der Waals surface area contributed by atoms with Crippen LogP contribution in [0.25, 0.3) is 0 Å². The van der Waals surface area contributed by atoms with Gasteiger partial charge in [0.15, 0.2) is 6.61 Å². The summed E-state index contributed by atoms with van der Waals surface area (Å²) in [5.41, 5.74) is 2.13. The highest BCUT2D eigenvalue weighted by Gasteiger charge is 2.16. The van der Waals surface area contributed by atoms with Gasteiger partial charge >= 0.3 is 0 Å². The minimum Gasteiger partial charge on any atom is -0.484 e. The second kappa shape index (κ2) is 9.01. The summed E-state index contributed by atoms with van der Waals surface area (Å²) in [6.07, 6.45) is 1.29. The Labute approximate surface area is 164 Å². The van der Waals surface area contributed by atoms with Crippen LogP contribution in [0.4, 0.5) is 5.69 Å². The number of nitrogens with one attached hydrogen (secondary N) is 1. The molecule has 1 saturated heterocycles. The van der Waals surface area contributed by atoms with Gasteiger partial charge in [0, 0.05) is 3.57 Å². The number of halogens is 1. The van der Waals surface area contributed by atoms with Gasteiger partial charge < -0.3 is 10.1 Å². The molecule has 3 nitrogen and oxygen atoms in total. The highest BCUT2D eigenvalue weighted by Crippen LogP contribution is 2.43. The third kappa shape index (κ3) is 5.07. The quantitative estimate of drug-likeness (QED) is 0.611. The smallest absolute Gasteiger partial charge is 0.262 e. The van der Waals surface area contributed by atoms with Crippen LogP contribution >= 0.6 is 46.1 Å². The Morgan fingerprint density at radius 3 is 2.54 bits per heavy atom. The third-order valence-corrected chi connectivity index (χ3v) is 7.45. The monoisotopic (exact) mass is 471 g/mol. The van der Waals surface area contributed by atoms with Crippen molar-refractivity contribution >= 4 is 57.7 Å². The number of para-hydroxylation sites is 1. The van der Waals surface area contributed by atoms with Gasteiger partial charge in [-0.2, -0.15) is 0 Å². The molecule has 2 aromatic carbocycles. The summed E-state index contributed by atoms with van der Waals surface area (Å²) in [6.45, 7) is 0.0112. The number of ether oxygens (including phenoxy) is 1. The van der Waals surface area contributed by atoms with Gasteiger partial charge in [0.25, 0.3) is 5.91 Å². The van der Waals surface area contributed by atoms with E-state index in [1.807, 2.05) is 59.9 Å². The van der Waals surface area contributed by atoms with Crippen molar-refractivity contribution in [1.29, 1.82) is 0 Å². The van der Waals surface area contributed by atoms with Crippen LogP contribution < -0.4 is 10.1 Å². The zero-order valence-electron chi connectivity index (χ0n) is 13.0. The lowest BCUT2D eigenvalue weighted by molar-refractivity contribution is -0.118. The summed E-state index contributed by atoms with van der Waals surface area (Å²) in [7, 11) is 0. The van der Waals surface area contributed by atoms with Gasteiger partial charge in [0.1, 0.15) is 5.75 Å². The van der Waals surface area contributed by atoms with Crippen LogP contribution in [0.15, 0.2) is 48.5 Å². The first-order chi connectivity index (χ1) is 11.7. The molecular formula is C18H18INO2S2. The number of anilines is 1. The second-order valence-electron chi connectivity index (χ2n) is 5.31. The fourth-order valence-corrected chi connectivity index (χ4v) is 5.72. The van der Waals surface area contributed by atoms with Gasteiger partial charge in [-0.25, -0.2) is 0 Å². The molecule has 0 spiro atoms. The number of thioether (sulfide) groups is 2. The number of hydrogen-bond donors (Lipinski definition) is 1. The molecule has 1 aliphatic heterocycles. The van der Waals surface area contributed by atoms with E-state index >= 15 is 0 Å². The maximum absolute atomic E-state index is 12.0. The lowest BCUT2D eigenvalue weighted by Crippen LogP contribution is -2.20. The maximum Gasteiger partial charge on any atom is 0.262 e. The molecule has 2 aromatic rings. The molecule has 24 heavy (non-hydrogen) atoms. The molecule has 1 N–H and O–H groups in total. The summed E-state index contributed by atoms with van der Waals surface area (Å²) in [4.78, 5) is 12.0. The molecule has 0 unspecified atom stereocenters. The molecule has 0 aliphatic carbocycles. The highest BCUT2D eigenvalue weighted by molar-refractivity contribution is 14.1. The van der Waals surface area contributed by atoms with Gasteiger partial charge in [0.05, 0.1) is 10.3 Å². The summed E-state index contributed by atoms with van der Waals surface area (Å²) >= 11 is 6.20. The van der Waals surface area contributed by atoms with Crippen molar-refractivity contribution in [2.45, 2.75) is 11.0 Å². The predicted octanol–water partition coefficient (Wildman–Crippen LogP) is 5.18. The number of carbonyl (C=O) groups excluding carboxylic acids is 1. The molecule has 0 bridgehead atoms. The fourth-order valence-electron chi connectivity index (χ4n) is 2.30. The van der Waals surface area contributed by atoms with Gasteiger partial charge in [-0.3, -0.25) is 4.79 Å². The van der Waals surface area contributed by atoms with Gasteiger partial charge in [-0.1, -0.05) is 24.3 Å². The molecule has 0 aromatic heterocycles. The number of hydrogen-bond acceptors (Lipinski definition) is 4. The Kier molecular flexibility index (Phi) is 6.74. The van der Waals surface area contributed by atoms with Crippen LogP contribution in [0.1, 0.15) is 16.6 Å². The number of amides is 1. The summed E-state index contributed by atoms with van der Waals surface area (Å²) in [6, 6.07) is 15.8. The van der Waals surface area contributed by atoms with E-state index in [4.69, 9.17) is 4.74 Å². The standard InChI is InChI=1S/C18H18INO2S2/c19-15-4-1-2-5-16(15)20-17(21)12-22-14-8-6-13(7-9-14)18-23-10-3-11-24-18/h1-2,4-9,18H,3,10-12H2,(H,20,21). The molecular weight excluding hydrogens is 453 g/mol. The minimum atomic E-state index is -0.151. The topological polar surface area (TPSA) is 38.3 Å². The Hall–Kier alpha value is -0.860. The van der Waals surface area contributed by atoms with E-state index in [-0.39, 0.29) is 12.5 Å². The van der Waals surface area contributed by atoms with E-state index in [2.05, 4.69) is 40.0 Å². The molecule has 6 heteroatoms. The molecule has 3 rings (SSSR count). The van der Waals surface area contributed by atoms with E-state index in [9.17, 15) is 4.79 Å². The molecule has 1 amide bonds. The van der Waals surface area contributed by atoms with E-state index in [1.54, 1.807) is 0 Å². The predicted molar refractivity (Wildman–Crippen MR) is 112 cm³/mol. The van der Waals surface area contributed by atoms with Crippen LogP contribution in [0, 0.1) is 3.57 Å². The van der Waals surface area contributed by atoms with Crippen molar-refractivity contribution in [3.05, 3.63) is 57.7 Å². The Balaban J connectivity index is 1.51. The number of rotatable bonds is 5. The van der Waals surface area contributed by atoms with Crippen LogP contribution in [-0.4, -0.2) is 24.0 Å². The molecule has 126 valence electrons. The Bertz CT molecular complexity index is 688. The van der Waals surface area contributed by atoms with Crippen molar-refractivity contribution in [2.75, 3.05) is 23.4 Å². The molecule has 0 radical (unpaired) electrons. The molecule has 0 atom stereocenters. The largest absolute Gasteiger partial charge is 0.484 e. The van der Waals surface area contributed by atoms with Gasteiger partial charge in [0.2, 0.25) is 0 Å². The number of carbonyl (C=O) groups is 1. The summed E-state index contributed by atoms with van der Waals surface area (Å²) < 4.78 is 7.13. The van der Waals surface area contributed by atoms with E-state index < -0.39 is 0 Å². The first kappa shape index (κ1) is 17.9. The van der Waals surface area contributed by atoms with E-state index in [1.165, 1.54) is 23.5 Å². The third-order valence-electron chi connectivity index (χ3n) is 3.50. The molecule has 1 aliphatic rings. The fraction of sp³-hybridized carbons (Fsp3) is 0.278. The van der Waals surface area contributed by atoms with Crippen LogP contribution in [0.5, 0.6) is 5.75 Å². The maximum atomic E-state index is 12.0. The van der Waals surface area contributed by atoms with Crippen LogP contribution in [0.2, 0.25) is 0 Å². The SMILES string of the molecule is O=C(COc1ccc(C2SCCCS2)cc1)Nc1ccccc1I. The van der Waals surface area contributed by atoms with E-state index in [0.717, 1.165) is 15.0 Å². The average Bonchev–Trinajstić information content (AvgIpc) is 2.63. The number of benzene rings is 2. The first-order valence-electron chi connectivity index (χ1n) is 7.73. The normalized spacial score (nSPS) is 15.0. The van der Waals surface area contributed by atoms with Gasteiger partial charge in [-0.15, -0.1) is 23.5 Å². The van der Waals surface area contributed by atoms with Crippen molar-refractivity contribution in [3.63, 3.8) is 0 Å². The highest BCUT2D eigenvalue weighted by atomic mass is 127. The summed E-state index contributed by atoms with van der Waals surface area (Å²) in [5, 5.41) is 2.87. The minimum absolute atomic E-state index is 0.0112. The molecule has 1 heterocycles. The van der Waals surface area contributed by atoms with Crippen LogP contribution in [0.3, 0.4) is 0 Å². The zero-order valence-corrected chi connectivity index (χ0v) is 16.8. The average molecular weight is 471 g/mol. The van der Waals surface area contributed by atoms with Crippen LogP contribution in [-0.2, 0) is 4.79 Å². The Morgan fingerprint density at radius 2 is 1.83 bits per heavy atom. The van der Waals surface area contributed by atoms with Crippen molar-refractivity contribution in [3.8, 4) is 5.75 Å². The summed E-state index contributed by atoms with van der Waals surface area (Å²) in [5.74, 6) is 3.03. The van der Waals surface area contributed by atoms with Gasteiger partial charge in [-0.05, 0) is 70.3 Å². The van der Waals surface area contributed by atoms with Crippen molar-refractivity contribution < 1.29 is 9.53 Å².